The van der Waals surface area contributed by atoms with Crippen molar-refractivity contribution >= 4 is 34.0 Å². The summed E-state index contributed by atoms with van der Waals surface area (Å²) in [5, 5.41) is 3.25. The molecule has 1 aromatic rings. The molecule has 0 spiro atoms. The Balaban J connectivity index is 2.19. The van der Waals surface area contributed by atoms with Gasteiger partial charge >= 0.3 is 0 Å². The van der Waals surface area contributed by atoms with Gasteiger partial charge in [-0.2, -0.15) is 0 Å². The van der Waals surface area contributed by atoms with Gasteiger partial charge in [0.25, 0.3) is 0 Å². The van der Waals surface area contributed by atoms with E-state index in [2.05, 4.69) is 5.32 Å². The summed E-state index contributed by atoms with van der Waals surface area (Å²) in [5.74, 6) is -0.207. The van der Waals surface area contributed by atoms with Gasteiger partial charge in [0.15, 0.2) is 0 Å². The highest BCUT2D eigenvalue weighted by molar-refractivity contribution is 14.1. The smallest absolute Gasteiger partial charge is 0.138 e. The van der Waals surface area contributed by atoms with Crippen LogP contribution in [0.4, 0.5) is 15.8 Å². The number of rotatable bonds is 2. The van der Waals surface area contributed by atoms with E-state index < -0.39 is 0 Å². The summed E-state index contributed by atoms with van der Waals surface area (Å²) in [6.45, 7) is 0. The van der Waals surface area contributed by atoms with E-state index in [-0.39, 0.29) is 5.82 Å². The number of halogens is 2. The van der Waals surface area contributed by atoms with Gasteiger partial charge in [-0.3, -0.25) is 0 Å². The lowest BCUT2D eigenvalue weighted by molar-refractivity contribution is 0.445. The first-order valence-corrected chi connectivity index (χ1v) is 5.76. The second-order valence-corrected chi connectivity index (χ2v) is 4.79. The molecule has 1 aromatic carbocycles. The van der Waals surface area contributed by atoms with Crippen molar-refractivity contribution in [2.24, 2.45) is 0 Å². The molecular weight excluding hydrogens is 294 g/mol. The number of benzene rings is 1. The zero-order chi connectivity index (χ0) is 10.1. The molecule has 4 heteroatoms. The minimum absolute atomic E-state index is 0.207. The molecule has 0 saturated heterocycles. The van der Waals surface area contributed by atoms with Gasteiger partial charge in [-0.15, -0.1) is 0 Å². The molecule has 76 valence electrons. The third kappa shape index (κ3) is 1.94. The van der Waals surface area contributed by atoms with Gasteiger partial charge in [-0.05, 0) is 47.9 Å². The van der Waals surface area contributed by atoms with Gasteiger partial charge in [-0.25, -0.2) is 4.39 Å². The maximum Gasteiger partial charge on any atom is 0.138 e. The fourth-order valence-corrected chi connectivity index (χ4v) is 1.95. The molecule has 0 radical (unpaired) electrons. The van der Waals surface area contributed by atoms with Crippen LogP contribution in [0.2, 0.25) is 0 Å². The van der Waals surface area contributed by atoms with Crippen LogP contribution < -0.4 is 11.1 Å². The average Bonchev–Trinajstić information content (AvgIpc) is 2.06. The fraction of sp³-hybridized carbons (Fsp3) is 0.400. The number of hydrogen-bond donors (Lipinski definition) is 2. The lowest BCUT2D eigenvalue weighted by Crippen LogP contribution is -2.27. The van der Waals surface area contributed by atoms with Gasteiger partial charge < -0.3 is 11.1 Å². The van der Waals surface area contributed by atoms with Crippen molar-refractivity contribution < 1.29 is 4.39 Å². The van der Waals surface area contributed by atoms with E-state index >= 15 is 0 Å². The van der Waals surface area contributed by atoms with Crippen LogP contribution in [0.5, 0.6) is 0 Å². The molecular formula is C10H12FIN2. The molecule has 2 rings (SSSR count). The first kappa shape index (κ1) is 10.0. The van der Waals surface area contributed by atoms with E-state index in [1.807, 2.05) is 22.6 Å². The number of nitrogens with two attached hydrogens (primary N) is 1. The Labute approximate surface area is 96.2 Å². The highest BCUT2D eigenvalue weighted by atomic mass is 127. The van der Waals surface area contributed by atoms with Crippen LogP contribution in [0.3, 0.4) is 0 Å². The SMILES string of the molecule is Nc1cc(I)c(F)cc1NC1CCC1. The third-order valence-corrected chi connectivity index (χ3v) is 3.38. The molecule has 0 atom stereocenters. The second kappa shape index (κ2) is 3.92. The largest absolute Gasteiger partial charge is 0.397 e. The molecule has 14 heavy (non-hydrogen) atoms. The maximum atomic E-state index is 13.2. The molecule has 1 aliphatic carbocycles. The summed E-state index contributed by atoms with van der Waals surface area (Å²) >= 11 is 1.94. The summed E-state index contributed by atoms with van der Waals surface area (Å²) in [6.07, 6.45) is 3.57. The van der Waals surface area contributed by atoms with Crippen LogP contribution in [0, 0.1) is 9.39 Å². The number of nitrogens with one attached hydrogen (secondary N) is 1. The van der Waals surface area contributed by atoms with Crippen molar-refractivity contribution in [1.29, 1.82) is 0 Å². The van der Waals surface area contributed by atoms with E-state index in [9.17, 15) is 4.39 Å². The molecule has 0 bridgehead atoms. The topological polar surface area (TPSA) is 38.0 Å². The van der Waals surface area contributed by atoms with Crippen molar-refractivity contribution in [3.8, 4) is 0 Å². The van der Waals surface area contributed by atoms with Gasteiger partial charge in [0, 0.05) is 12.1 Å². The van der Waals surface area contributed by atoms with Crippen LogP contribution in [-0.4, -0.2) is 6.04 Å². The molecule has 0 unspecified atom stereocenters. The van der Waals surface area contributed by atoms with Crippen LogP contribution in [0.25, 0.3) is 0 Å². The zero-order valence-corrected chi connectivity index (χ0v) is 9.84. The molecule has 0 aromatic heterocycles. The molecule has 2 nitrogen and oxygen atoms in total. The second-order valence-electron chi connectivity index (χ2n) is 3.63. The van der Waals surface area contributed by atoms with E-state index in [0.717, 1.165) is 18.5 Å². The first-order valence-electron chi connectivity index (χ1n) is 4.68. The summed E-state index contributed by atoms with van der Waals surface area (Å²) in [5.41, 5.74) is 7.14. The summed E-state index contributed by atoms with van der Waals surface area (Å²) in [4.78, 5) is 0. The Hall–Kier alpha value is -0.520. The Morgan fingerprint density at radius 1 is 1.43 bits per heavy atom. The quantitative estimate of drug-likeness (QED) is 0.651. The molecule has 1 fully saturated rings. The molecule has 0 amide bonds. The van der Waals surface area contributed by atoms with Crippen molar-refractivity contribution in [2.75, 3.05) is 11.1 Å². The monoisotopic (exact) mass is 306 g/mol. The molecule has 0 aliphatic heterocycles. The van der Waals surface area contributed by atoms with Crippen LogP contribution >= 0.6 is 22.6 Å². The molecule has 3 N–H and O–H groups in total. The minimum atomic E-state index is -0.207. The lowest BCUT2D eigenvalue weighted by Gasteiger charge is -2.28. The average molecular weight is 306 g/mol. The Kier molecular flexibility index (Phi) is 2.80. The normalized spacial score (nSPS) is 16.4. The molecule has 1 aliphatic rings. The highest BCUT2D eigenvalue weighted by Gasteiger charge is 2.18. The van der Waals surface area contributed by atoms with E-state index in [0.29, 0.717) is 15.3 Å². The lowest BCUT2D eigenvalue weighted by atomic mass is 9.93. The van der Waals surface area contributed by atoms with Crippen molar-refractivity contribution in [2.45, 2.75) is 25.3 Å². The number of anilines is 2. The van der Waals surface area contributed by atoms with Gasteiger partial charge in [0.05, 0.1) is 14.9 Å². The summed E-state index contributed by atoms with van der Waals surface area (Å²) in [7, 11) is 0. The number of nitrogen functional groups attached to an aromatic ring is 1. The Morgan fingerprint density at radius 2 is 2.14 bits per heavy atom. The van der Waals surface area contributed by atoms with E-state index in [4.69, 9.17) is 5.73 Å². The summed E-state index contributed by atoms with van der Waals surface area (Å²) in [6, 6.07) is 3.63. The van der Waals surface area contributed by atoms with E-state index in [1.54, 1.807) is 6.07 Å². The molecule has 1 saturated carbocycles. The van der Waals surface area contributed by atoms with E-state index in [1.165, 1.54) is 12.5 Å². The maximum absolute atomic E-state index is 13.2. The molecule has 0 heterocycles. The van der Waals surface area contributed by atoms with Crippen molar-refractivity contribution in [3.05, 3.63) is 21.5 Å². The van der Waals surface area contributed by atoms with Gasteiger partial charge in [0.2, 0.25) is 0 Å². The third-order valence-electron chi connectivity index (χ3n) is 2.56. The zero-order valence-electron chi connectivity index (χ0n) is 7.69. The van der Waals surface area contributed by atoms with Gasteiger partial charge in [-0.1, -0.05) is 0 Å². The predicted molar refractivity (Wildman–Crippen MR) is 64.8 cm³/mol. The first-order chi connectivity index (χ1) is 6.66. The summed E-state index contributed by atoms with van der Waals surface area (Å²) < 4.78 is 13.8. The van der Waals surface area contributed by atoms with Crippen LogP contribution in [-0.2, 0) is 0 Å². The van der Waals surface area contributed by atoms with Gasteiger partial charge in [0.1, 0.15) is 5.82 Å². The highest BCUT2D eigenvalue weighted by Crippen LogP contribution is 2.29. The van der Waals surface area contributed by atoms with Crippen molar-refractivity contribution in [1.82, 2.24) is 0 Å². The Morgan fingerprint density at radius 3 is 2.71 bits per heavy atom. The fourth-order valence-electron chi connectivity index (χ4n) is 1.46. The minimum Gasteiger partial charge on any atom is -0.397 e. The predicted octanol–water partition coefficient (Wildman–Crippen LogP) is 2.98. The standard InChI is InChI=1S/C10H12FIN2/c11-7-4-10(9(13)5-8(7)12)14-6-2-1-3-6/h4-6,14H,1-3,13H2. The van der Waals surface area contributed by atoms with Crippen LogP contribution in [0.1, 0.15) is 19.3 Å². The van der Waals surface area contributed by atoms with Crippen molar-refractivity contribution in [3.63, 3.8) is 0 Å². The Bertz CT molecular complexity index is 350. The number of hydrogen-bond acceptors (Lipinski definition) is 2. The van der Waals surface area contributed by atoms with Crippen LogP contribution in [0.15, 0.2) is 12.1 Å².